The second-order valence-corrected chi connectivity index (χ2v) is 5.41. The average molecular weight is 352 g/mol. The molecule has 2 heterocycles. The van der Waals surface area contributed by atoms with Crippen molar-refractivity contribution in [2.24, 2.45) is 0 Å². The molecule has 3 rings (SSSR count). The summed E-state index contributed by atoms with van der Waals surface area (Å²) in [6, 6.07) is 10.2. The Kier molecular flexibility index (Phi) is 4.64. The van der Waals surface area contributed by atoms with Gasteiger partial charge in [-0.15, -0.1) is 0 Å². The van der Waals surface area contributed by atoms with Gasteiger partial charge in [0.25, 0.3) is 0 Å². The van der Waals surface area contributed by atoms with Gasteiger partial charge in [-0.3, -0.25) is 14.1 Å². The largest absolute Gasteiger partial charge is 0.490 e. The molecule has 0 amide bonds. The summed E-state index contributed by atoms with van der Waals surface area (Å²) in [7, 11) is 0. The Morgan fingerprint density at radius 3 is 2.83 bits per heavy atom. The molecule has 0 spiro atoms. The van der Waals surface area contributed by atoms with Crippen molar-refractivity contribution in [3.05, 3.63) is 63.2 Å². The van der Waals surface area contributed by atoms with Crippen molar-refractivity contribution in [3.63, 3.8) is 0 Å². The third-order valence-electron chi connectivity index (χ3n) is 3.05. The molecule has 0 radical (unpaired) electrons. The number of benzene rings is 1. The van der Waals surface area contributed by atoms with Gasteiger partial charge in [0.05, 0.1) is 11.6 Å². The second kappa shape index (κ2) is 6.85. The molecular formula is C15H11Cl2N3O3. The van der Waals surface area contributed by atoms with E-state index in [1.54, 1.807) is 42.6 Å². The highest BCUT2D eigenvalue weighted by molar-refractivity contribution is 6.35. The number of aromatic nitrogens is 3. The first-order valence-electron chi connectivity index (χ1n) is 6.71. The van der Waals surface area contributed by atoms with Crippen molar-refractivity contribution in [2.75, 3.05) is 6.61 Å². The molecule has 0 saturated heterocycles. The fraction of sp³-hybridized carbons (Fsp3) is 0.133. The lowest BCUT2D eigenvalue weighted by Crippen LogP contribution is -2.20. The van der Waals surface area contributed by atoms with Gasteiger partial charge in [-0.1, -0.05) is 34.4 Å². The summed E-state index contributed by atoms with van der Waals surface area (Å²) in [5.41, 5.74) is 0.544. The lowest BCUT2D eigenvalue weighted by atomic mass is 10.3. The van der Waals surface area contributed by atoms with Crippen LogP contribution in [0.25, 0.3) is 11.5 Å². The zero-order valence-corrected chi connectivity index (χ0v) is 13.3. The Balaban J connectivity index is 1.74. The molecule has 6 nitrogen and oxygen atoms in total. The molecule has 2 aromatic heterocycles. The number of halogens is 2. The molecule has 0 N–H and O–H groups in total. The predicted molar refractivity (Wildman–Crippen MR) is 86.0 cm³/mol. The minimum atomic E-state index is -0.573. The van der Waals surface area contributed by atoms with Crippen LogP contribution in [0.1, 0.15) is 0 Å². The van der Waals surface area contributed by atoms with E-state index in [-0.39, 0.29) is 13.2 Å². The first-order chi connectivity index (χ1) is 11.1. The normalized spacial score (nSPS) is 10.7. The van der Waals surface area contributed by atoms with Gasteiger partial charge in [-0.05, 0) is 30.3 Å². The van der Waals surface area contributed by atoms with Crippen LogP contribution in [0.2, 0.25) is 10.0 Å². The topological polar surface area (TPSA) is 70.2 Å². The zero-order chi connectivity index (χ0) is 16.2. The van der Waals surface area contributed by atoms with Gasteiger partial charge in [-0.2, -0.15) is 0 Å². The number of rotatable bonds is 5. The number of pyridine rings is 1. The fourth-order valence-electron chi connectivity index (χ4n) is 1.98. The molecule has 23 heavy (non-hydrogen) atoms. The molecule has 8 heteroatoms. The maximum Gasteiger partial charge on any atom is 0.442 e. The highest BCUT2D eigenvalue weighted by atomic mass is 35.5. The van der Waals surface area contributed by atoms with Crippen LogP contribution in [-0.2, 0) is 6.54 Å². The maximum absolute atomic E-state index is 11.8. The molecule has 0 bridgehead atoms. The van der Waals surface area contributed by atoms with Crippen molar-refractivity contribution in [1.29, 1.82) is 0 Å². The monoisotopic (exact) mass is 351 g/mol. The standard InChI is InChI=1S/C15H11Cl2N3O3/c16-10-4-5-13(11(17)9-10)22-8-7-20-14(19-23-15(20)21)12-3-1-2-6-18-12/h1-6,9H,7-8H2. The summed E-state index contributed by atoms with van der Waals surface area (Å²) in [4.78, 5) is 15.9. The van der Waals surface area contributed by atoms with Crippen LogP contribution >= 0.6 is 23.2 Å². The smallest absolute Gasteiger partial charge is 0.442 e. The number of ether oxygens (including phenoxy) is 1. The molecule has 0 aliphatic heterocycles. The summed E-state index contributed by atoms with van der Waals surface area (Å²) in [5.74, 6) is 0.262. The van der Waals surface area contributed by atoms with Gasteiger partial charge in [-0.25, -0.2) is 4.79 Å². The number of hydrogen-bond acceptors (Lipinski definition) is 5. The lowest BCUT2D eigenvalue weighted by molar-refractivity contribution is 0.290. The van der Waals surface area contributed by atoms with E-state index in [4.69, 9.17) is 32.5 Å². The van der Waals surface area contributed by atoms with Gasteiger partial charge < -0.3 is 4.74 Å². The number of hydrogen-bond donors (Lipinski definition) is 0. The minimum Gasteiger partial charge on any atom is -0.490 e. The Morgan fingerprint density at radius 2 is 2.09 bits per heavy atom. The van der Waals surface area contributed by atoms with Crippen molar-refractivity contribution < 1.29 is 9.26 Å². The first-order valence-corrected chi connectivity index (χ1v) is 7.46. The van der Waals surface area contributed by atoms with Crippen molar-refractivity contribution in [2.45, 2.75) is 6.54 Å². The van der Waals surface area contributed by atoms with Crippen molar-refractivity contribution >= 4 is 23.2 Å². The first kappa shape index (κ1) is 15.6. The van der Waals surface area contributed by atoms with E-state index in [9.17, 15) is 4.79 Å². The molecule has 1 aromatic carbocycles. The summed E-state index contributed by atoms with van der Waals surface area (Å²) in [6.45, 7) is 0.454. The predicted octanol–water partition coefficient (Wildman–Crippen LogP) is 3.28. The van der Waals surface area contributed by atoms with Crippen LogP contribution in [0.4, 0.5) is 0 Å². The van der Waals surface area contributed by atoms with Gasteiger partial charge in [0.1, 0.15) is 18.1 Å². The molecule has 0 unspecified atom stereocenters. The Morgan fingerprint density at radius 1 is 1.22 bits per heavy atom. The zero-order valence-electron chi connectivity index (χ0n) is 11.8. The summed E-state index contributed by atoms with van der Waals surface area (Å²) >= 11 is 11.9. The lowest BCUT2D eigenvalue weighted by Gasteiger charge is -2.09. The molecule has 118 valence electrons. The van der Waals surface area contributed by atoms with Gasteiger partial charge in [0.15, 0.2) is 0 Å². The maximum atomic E-state index is 11.8. The van der Waals surface area contributed by atoms with E-state index < -0.39 is 5.76 Å². The summed E-state index contributed by atoms with van der Waals surface area (Å²) < 4.78 is 11.6. The second-order valence-electron chi connectivity index (χ2n) is 4.56. The molecule has 0 fully saturated rings. The average Bonchev–Trinajstić information content (AvgIpc) is 2.91. The molecule has 0 aliphatic carbocycles. The quantitative estimate of drug-likeness (QED) is 0.705. The highest BCUT2D eigenvalue weighted by Gasteiger charge is 2.13. The van der Waals surface area contributed by atoms with Crippen molar-refractivity contribution in [1.82, 2.24) is 14.7 Å². The Hall–Kier alpha value is -2.31. The highest BCUT2D eigenvalue weighted by Crippen LogP contribution is 2.27. The Bertz CT molecular complexity index is 862. The van der Waals surface area contributed by atoms with Crippen LogP contribution in [-0.4, -0.2) is 21.3 Å². The van der Waals surface area contributed by atoms with Gasteiger partial charge >= 0.3 is 5.76 Å². The fourth-order valence-corrected chi connectivity index (χ4v) is 2.45. The van der Waals surface area contributed by atoms with Crippen LogP contribution in [0, 0.1) is 0 Å². The van der Waals surface area contributed by atoms with Crippen LogP contribution in [0.3, 0.4) is 0 Å². The third-order valence-corrected chi connectivity index (χ3v) is 3.58. The molecule has 0 aliphatic rings. The van der Waals surface area contributed by atoms with Crippen LogP contribution in [0.15, 0.2) is 51.9 Å². The van der Waals surface area contributed by atoms with E-state index in [1.807, 2.05) is 0 Å². The Labute approximate surface area is 141 Å². The van der Waals surface area contributed by atoms with Crippen molar-refractivity contribution in [3.8, 4) is 17.3 Å². The molecular weight excluding hydrogens is 341 g/mol. The van der Waals surface area contributed by atoms with Gasteiger partial charge in [0.2, 0.25) is 5.82 Å². The van der Waals surface area contributed by atoms with E-state index in [0.717, 1.165) is 0 Å². The van der Waals surface area contributed by atoms with Crippen LogP contribution < -0.4 is 10.5 Å². The molecule has 3 aromatic rings. The summed E-state index contributed by atoms with van der Waals surface area (Å²) in [6.07, 6.45) is 1.61. The molecule has 0 atom stereocenters. The van der Waals surface area contributed by atoms with Crippen LogP contribution in [0.5, 0.6) is 5.75 Å². The molecule has 0 saturated carbocycles. The van der Waals surface area contributed by atoms with E-state index >= 15 is 0 Å². The summed E-state index contributed by atoms with van der Waals surface area (Å²) in [5, 5.41) is 4.68. The van der Waals surface area contributed by atoms with Gasteiger partial charge in [0, 0.05) is 11.2 Å². The van der Waals surface area contributed by atoms with E-state index in [0.29, 0.717) is 27.3 Å². The minimum absolute atomic E-state index is 0.211. The number of nitrogens with zero attached hydrogens (tertiary/aromatic N) is 3. The van der Waals surface area contributed by atoms with E-state index in [1.165, 1.54) is 4.57 Å². The van der Waals surface area contributed by atoms with E-state index in [2.05, 4.69) is 10.1 Å². The third kappa shape index (κ3) is 3.55. The SMILES string of the molecule is O=c1onc(-c2ccccn2)n1CCOc1ccc(Cl)cc1Cl.